The topological polar surface area (TPSA) is 89.3 Å². The zero-order valence-electron chi connectivity index (χ0n) is 12.9. The van der Waals surface area contributed by atoms with Gasteiger partial charge in [-0.15, -0.1) is 0 Å². The summed E-state index contributed by atoms with van der Waals surface area (Å²) in [6, 6.07) is 14.8. The number of rotatable bonds is 7. The van der Waals surface area contributed by atoms with Gasteiger partial charge in [-0.2, -0.15) is 0 Å². The molecule has 24 heavy (non-hydrogen) atoms. The number of hydrogen-bond acceptors (Lipinski definition) is 3. The van der Waals surface area contributed by atoms with Gasteiger partial charge in [-0.1, -0.05) is 58.4 Å². The number of hydrogen-bond donors (Lipinski definition) is 2. The fraction of sp³-hybridized carbons (Fsp3) is 0.167. The number of primary amides is 1. The lowest BCUT2D eigenvalue weighted by molar-refractivity contribution is -0.127. The van der Waals surface area contributed by atoms with Crippen LogP contribution in [0.5, 0.6) is 0 Å². The molecular weight excluding hydrogens is 372 g/mol. The summed E-state index contributed by atoms with van der Waals surface area (Å²) in [6.07, 6.45) is 0.0548. The Morgan fingerprint density at radius 2 is 1.58 bits per heavy atom. The van der Waals surface area contributed by atoms with Crippen LogP contribution in [0.4, 0.5) is 0 Å². The number of benzene rings is 2. The zero-order valence-corrected chi connectivity index (χ0v) is 14.5. The van der Waals surface area contributed by atoms with Crippen LogP contribution in [0, 0.1) is 0 Å². The lowest BCUT2D eigenvalue weighted by atomic mass is 10.0. The van der Waals surface area contributed by atoms with Gasteiger partial charge < -0.3 is 11.1 Å². The van der Waals surface area contributed by atoms with Crippen LogP contribution < -0.4 is 11.1 Å². The Hall–Kier alpha value is -2.47. The van der Waals surface area contributed by atoms with Crippen LogP contribution in [-0.2, 0) is 9.59 Å². The van der Waals surface area contributed by atoms with E-state index in [0.29, 0.717) is 11.1 Å². The molecule has 0 aliphatic carbocycles. The standard InChI is InChI=1S/C18H17BrN2O3/c19-14-8-6-12(7-9-14)15(22)10-11-16(23)21-17(18(20)24)13-4-2-1-3-5-13/h1-9,17H,10-11H2,(H2,20,24)(H,21,23)/t17-/m1/s1. The summed E-state index contributed by atoms with van der Waals surface area (Å²) in [5, 5.41) is 2.58. The minimum absolute atomic E-state index is 0.00842. The molecule has 2 aromatic carbocycles. The number of Topliss-reactive ketones (excluding diaryl/α,β-unsaturated/α-hetero) is 1. The summed E-state index contributed by atoms with van der Waals surface area (Å²) < 4.78 is 0.879. The normalized spacial score (nSPS) is 11.5. The van der Waals surface area contributed by atoms with Crippen LogP contribution in [0.3, 0.4) is 0 Å². The van der Waals surface area contributed by atoms with E-state index in [9.17, 15) is 14.4 Å². The Morgan fingerprint density at radius 1 is 0.958 bits per heavy atom. The SMILES string of the molecule is NC(=O)[C@H](NC(=O)CCC(=O)c1ccc(Br)cc1)c1ccccc1. The van der Waals surface area contributed by atoms with Gasteiger partial charge in [-0.3, -0.25) is 14.4 Å². The number of carbonyl (C=O) groups excluding carboxylic acids is 3. The maximum Gasteiger partial charge on any atom is 0.244 e. The van der Waals surface area contributed by atoms with E-state index < -0.39 is 17.9 Å². The first-order valence-electron chi connectivity index (χ1n) is 7.40. The van der Waals surface area contributed by atoms with Crippen LogP contribution in [0.2, 0.25) is 0 Å². The Labute approximate surface area is 148 Å². The zero-order chi connectivity index (χ0) is 17.5. The van der Waals surface area contributed by atoms with Gasteiger partial charge in [0.2, 0.25) is 11.8 Å². The fourth-order valence-corrected chi connectivity index (χ4v) is 2.47. The molecule has 2 rings (SSSR count). The van der Waals surface area contributed by atoms with Crippen molar-refractivity contribution in [2.24, 2.45) is 5.73 Å². The van der Waals surface area contributed by atoms with E-state index in [0.717, 1.165) is 4.47 Å². The molecule has 0 aromatic heterocycles. The van der Waals surface area contributed by atoms with Crippen molar-refractivity contribution >= 4 is 33.5 Å². The summed E-state index contributed by atoms with van der Waals surface area (Å²) in [6.45, 7) is 0. The average Bonchev–Trinajstić information content (AvgIpc) is 2.58. The van der Waals surface area contributed by atoms with Gasteiger partial charge in [0, 0.05) is 22.9 Å². The fourth-order valence-electron chi connectivity index (χ4n) is 2.20. The highest BCUT2D eigenvalue weighted by molar-refractivity contribution is 9.10. The summed E-state index contributed by atoms with van der Waals surface area (Å²) in [7, 11) is 0. The number of amides is 2. The molecule has 6 heteroatoms. The molecule has 0 unspecified atom stereocenters. The minimum atomic E-state index is -0.901. The third-order valence-electron chi connectivity index (χ3n) is 3.47. The third kappa shape index (κ3) is 5.03. The quantitative estimate of drug-likeness (QED) is 0.714. The Bertz CT molecular complexity index is 730. The van der Waals surface area contributed by atoms with Gasteiger partial charge in [0.1, 0.15) is 6.04 Å². The molecule has 0 aliphatic heterocycles. The van der Waals surface area contributed by atoms with Gasteiger partial charge >= 0.3 is 0 Å². The van der Waals surface area contributed by atoms with Crippen LogP contribution in [-0.4, -0.2) is 17.6 Å². The Balaban J connectivity index is 1.93. The van der Waals surface area contributed by atoms with Crippen LogP contribution >= 0.6 is 15.9 Å². The van der Waals surface area contributed by atoms with Crippen LogP contribution in [0.15, 0.2) is 59.1 Å². The molecule has 124 valence electrons. The molecule has 0 saturated carbocycles. The largest absolute Gasteiger partial charge is 0.368 e. The Morgan fingerprint density at radius 3 is 2.17 bits per heavy atom. The van der Waals surface area contributed by atoms with E-state index >= 15 is 0 Å². The lowest BCUT2D eigenvalue weighted by Gasteiger charge is -2.15. The molecule has 5 nitrogen and oxygen atoms in total. The van der Waals surface area contributed by atoms with E-state index in [1.807, 2.05) is 0 Å². The monoisotopic (exact) mass is 388 g/mol. The van der Waals surface area contributed by atoms with Crippen molar-refractivity contribution in [2.75, 3.05) is 0 Å². The summed E-state index contributed by atoms with van der Waals surface area (Å²) >= 11 is 3.30. The van der Waals surface area contributed by atoms with Gasteiger partial charge in [0.05, 0.1) is 0 Å². The highest BCUT2D eigenvalue weighted by atomic mass is 79.9. The molecule has 0 aliphatic rings. The van der Waals surface area contributed by atoms with Gasteiger partial charge in [-0.25, -0.2) is 0 Å². The smallest absolute Gasteiger partial charge is 0.244 e. The number of carbonyl (C=O) groups is 3. The molecule has 0 radical (unpaired) electrons. The first-order valence-corrected chi connectivity index (χ1v) is 8.19. The predicted molar refractivity (Wildman–Crippen MR) is 94.2 cm³/mol. The van der Waals surface area contributed by atoms with Crippen molar-refractivity contribution in [3.8, 4) is 0 Å². The predicted octanol–water partition coefficient (Wildman–Crippen LogP) is 2.75. The molecule has 0 fully saturated rings. The van der Waals surface area contributed by atoms with Gasteiger partial charge in [-0.05, 0) is 17.7 Å². The van der Waals surface area contributed by atoms with Crippen molar-refractivity contribution in [1.82, 2.24) is 5.32 Å². The van der Waals surface area contributed by atoms with Crippen molar-refractivity contribution < 1.29 is 14.4 Å². The average molecular weight is 389 g/mol. The molecule has 0 spiro atoms. The number of nitrogens with one attached hydrogen (secondary N) is 1. The first kappa shape index (κ1) is 17.9. The second-order valence-corrected chi connectivity index (χ2v) is 6.16. The molecule has 3 N–H and O–H groups in total. The molecule has 2 aromatic rings. The number of ketones is 1. The van der Waals surface area contributed by atoms with E-state index in [4.69, 9.17) is 5.73 Å². The van der Waals surface area contributed by atoms with E-state index in [-0.39, 0.29) is 18.6 Å². The van der Waals surface area contributed by atoms with Gasteiger partial charge in [0.15, 0.2) is 5.78 Å². The first-order chi connectivity index (χ1) is 11.5. The molecular formula is C18H17BrN2O3. The summed E-state index contributed by atoms with van der Waals surface area (Å²) in [5.74, 6) is -1.17. The maximum atomic E-state index is 12.1. The lowest BCUT2D eigenvalue weighted by Crippen LogP contribution is -2.37. The second kappa shape index (κ2) is 8.40. The van der Waals surface area contributed by atoms with Crippen molar-refractivity contribution in [1.29, 1.82) is 0 Å². The van der Waals surface area contributed by atoms with E-state index in [1.54, 1.807) is 54.6 Å². The third-order valence-corrected chi connectivity index (χ3v) is 4.00. The van der Waals surface area contributed by atoms with E-state index in [1.165, 1.54) is 0 Å². The van der Waals surface area contributed by atoms with Crippen molar-refractivity contribution in [3.05, 3.63) is 70.2 Å². The van der Waals surface area contributed by atoms with Crippen molar-refractivity contribution in [2.45, 2.75) is 18.9 Å². The van der Waals surface area contributed by atoms with Crippen molar-refractivity contribution in [3.63, 3.8) is 0 Å². The summed E-state index contributed by atoms with van der Waals surface area (Å²) in [5.41, 5.74) is 6.50. The maximum absolute atomic E-state index is 12.1. The Kier molecular flexibility index (Phi) is 6.26. The molecule has 0 saturated heterocycles. The number of halogens is 1. The second-order valence-electron chi connectivity index (χ2n) is 5.24. The number of nitrogens with two attached hydrogens (primary N) is 1. The van der Waals surface area contributed by atoms with Crippen LogP contribution in [0.1, 0.15) is 34.8 Å². The van der Waals surface area contributed by atoms with Gasteiger partial charge in [0.25, 0.3) is 0 Å². The van der Waals surface area contributed by atoms with Crippen LogP contribution in [0.25, 0.3) is 0 Å². The molecule has 2 amide bonds. The highest BCUT2D eigenvalue weighted by Crippen LogP contribution is 2.14. The summed E-state index contributed by atoms with van der Waals surface area (Å²) in [4.78, 5) is 35.7. The minimum Gasteiger partial charge on any atom is -0.368 e. The highest BCUT2D eigenvalue weighted by Gasteiger charge is 2.20. The molecule has 0 heterocycles. The molecule has 0 bridgehead atoms. The molecule has 1 atom stereocenters. The van der Waals surface area contributed by atoms with E-state index in [2.05, 4.69) is 21.2 Å².